The third-order valence-electron chi connectivity index (χ3n) is 4.22. The molecule has 0 spiro atoms. The maximum Gasteiger partial charge on any atom is 0.401 e. The molecule has 0 bridgehead atoms. The predicted octanol–water partition coefficient (Wildman–Crippen LogP) is 2.10. The summed E-state index contributed by atoms with van der Waals surface area (Å²) in [6.07, 6.45) is -4.14. The molecule has 0 radical (unpaired) electrons. The largest absolute Gasteiger partial charge is 0.401 e. The van der Waals surface area contributed by atoms with E-state index in [1.54, 1.807) is 12.1 Å². The van der Waals surface area contributed by atoms with E-state index in [0.29, 0.717) is 18.9 Å². The van der Waals surface area contributed by atoms with Crippen LogP contribution in [0.4, 0.5) is 24.5 Å². The van der Waals surface area contributed by atoms with Crippen molar-refractivity contribution >= 4 is 17.3 Å². The number of halogens is 3. The Hall–Kier alpha value is -1.84. The van der Waals surface area contributed by atoms with Crippen LogP contribution >= 0.6 is 0 Å². The summed E-state index contributed by atoms with van der Waals surface area (Å²) in [4.78, 5) is 15.4. The molecule has 1 aliphatic rings. The summed E-state index contributed by atoms with van der Waals surface area (Å²) in [7, 11) is 0. The number of hydrogen-bond donors (Lipinski definition) is 2. The molecule has 0 aliphatic carbocycles. The number of nitrogens with zero attached hydrogens (tertiary/aromatic N) is 2. The number of benzene rings is 1. The molecule has 0 atom stereocenters. The molecule has 152 valence electrons. The maximum atomic E-state index is 12.6. The van der Waals surface area contributed by atoms with Gasteiger partial charge in [0.15, 0.2) is 0 Å². The number of morpholine rings is 1. The van der Waals surface area contributed by atoms with Gasteiger partial charge in [0, 0.05) is 50.6 Å². The van der Waals surface area contributed by atoms with Crippen LogP contribution < -0.4 is 10.2 Å². The minimum Gasteiger partial charge on any atom is -0.396 e. The molecule has 9 heteroatoms. The zero-order valence-electron chi connectivity index (χ0n) is 15.2. The van der Waals surface area contributed by atoms with Crippen LogP contribution in [-0.2, 0) is 9.53 Å². The SMILES string of the molecule is O=C(CCN(CCCO)CC(F)(F)F)Nc1ccc(N2CCOCC2)cc1. The van der Waals surface area contributed by atoms with Crippen molar-refractivity contribution in [1.82, 2.24) is 4.90 Å². The van der Waals surface area contributed by atoms with E-state index in [1.165, 1.54) is 0 Å². The number of carbonyl (C=O) groups excluding carboxylic acids is 1. The number of nitrogens with one attached hydrogen (secondary N) is 1. The lowest BCUT2D eigenvalue weighted by Crippen LogP contribution is -2.37. The first-order valence-electron chi connectivity index (χ1n) is 9.00. The molecule has 1 fully saturated rings. The highest BCUT2D eigenvalue weighted by atomic mass is 19.4. The van der Waals surface area contributed by atoms with Gasteiger partial charge >= 0.3 is 6.18 Å². The quantitative estimate of drug-likeness (QED) is 0.677. The van der Waals surface area contributed by atoms with Gasteiger partial charge in [0.25, 0.3) is 0 Å². The lowest BCUT2D eigenvalue weighted by Gasteiger charge is -2.28. The van der Waals surface area contributed by atoms with Crippen LogP contribution in [0.25, 0.3) is 0 Å². The van der Waals surface area contributed by atoms with Crippen molar-refractivity contribution in [2.24, 2.45) is 0 Å². The van der Waals surface area contributed by atoms with Crippen LogP contribution in [0.2, 0.25) is 0 Å². The number of amides is 1. The number of hydrogen-bond acceptors (Lipinski definition) is 5. The number of carbonyl (C=O) groups is 1. The summed E-state index contributed by atoms with van der Waals surface area (Å²) in [5.74, 6) is -0.342. The molecule has 1 amide bonds. The van der Waals surface area contributed by atoms with Crippen molar-refractivity contribution < 1.29 is 27.8 Å². The van der Waals surface area contributed by atoms with E-state index in [-0.39, 0.29) is 38.4 Å². The van der Waals surface area contributed by atoms with Gasteiger partial charge in [0.2, 0.25) is 5.91 Å². The Labute approximate surface area is 156 Å². The van der Waals surface area contributed by atoms with Crippen LogP contribution in [0, 0.1) is 0 Å². The topological polar surface area (TPSA) is 65.0 Å². The molecule has 0 aromatic heterocycles. The summed E-state index contributed by atoms with van der Waals surface area (Å²) < 4.78 is 43.0. The fourth-order valence-electron chi connectivity index (χ4n) is 2.88. The Morgan fingerprint density at radius 3 is 2.44 bits per heavy atom. The molecule has 1 saturated heterocycles. The van der Waals surface area contributed by atoms with Crippen molar-refractivity contribution in [3.8, 4) is 0 Å². The lowest BCUT2D eigenvalue weighted by atomic mass is 10.2. The van der Waals surface area contributed by atoms with Crippen molar-refractivity contribution in [1.29, 1.82) is 0 Å². The molecular formula is C18H26F3N3O3. The maximum absolute atomic E-state index is 12.6. The fraction of sp³-hybridized carbons (Fsp3) is 0.611. The Morgan fingerprint density at radius 2 is 1.85 bits per heavy atom. The Bertz CT molecular complexity index is 575. The summed E-state index contributed by atoms with van der Waals surface area (Å²) in [5.41, 5.74) is 1.64. The number of aliphatic hydroxyl groups excluding tert-OH is 1. The van der Waals surface area contributed by atoms with Gasteiger partial charge in [-0.3, -0.25) is 9.69 Å². The average molecular weight is 389 g/mol. The number of aliphatic hydroxyl groups is 1. The van der Waals surface area contributed by atoms with Gasteiger partial charge < -0.3 is 20.1 Å². The number of ether oxygens (including phenoxy) is 1. The molecule has 6 nitrogen and oxygen atoms in total. The van der Waals surface area contributed by atoms with E-state index < -0.39 is 12.7 Å². The second-order valence-electron chi connectivity index (χ2n) is 6.41. The third-order valence-corrected chi connectivity index (χ3v) is 4.22. The van der Waals surface area contributed by atoms with Crippen LogP contribution in [0.15, 0.2) is 24.3 Å². The monoisotopic (exact) mass is 389 g/mol. The predicted molar refractivity (Wildman–Crippen MR) is 96.9 cm³/mol. The second-order valence-corrected chi connectivity index (χ2v) is 6.41. The molecule has 1 aromatic rings. The van der Waals surface area contributed by atoms with Gasteiger partial charge in [-0.2, -0.15) is 13.2 Å². The van der Waals surface area contributed by atoms with Crippen LogP contribution in [-0.4, -0.2) is 74.6 Å². The Balaban J connectivity index is 1.81. The summed E-state index contributed by atoms with van der Waals surface area (Å²) >= 11 is 0. The highest BCUT2D eigenvalue weighted by molar-refractivity contribution is 5.91. The molecule has 27 heavy (non-hydrogen) atoms. The molecule has 2 rings (SSSR count). The van der Waals surface area contributed by atoms with Gasteiger partial charge in [-0.1, -0.05) is 0 Å². The summed E-state index contributed by atoms with van der Waals surface area (Å²) in [6, 6.07) is 7.36. The Morgan fingerprint density at radius 1 is 1.19 bits per heavy atom. The van der Waals surface area contributed by atoms with E-state index in [9.17, 15) is 18.0 Å². The summed E-state index contributed by atoms with van der Waals surface area (Å²) in [6.45, 7) is 1.80. The first-order chi connectivity index (χ1) is 12.9. The highest BCUT2D eigenvalue weighted by Crippen LogP contribution is 2.20. The number of alkyl halides is 3. The first kappa shape index (κ1) is 21.5. The number of rotatable bonds is 9. The van der Waals surface area contributed by atoms with Gasteiger partial charge in [-0.05, 0) is 30.7 Å². The van der Waals surface area contributed by atoms with Crippen molar-refractivity contribution in [3.05, 3.63) is 24.3 Å². The van der Waals surface area contributed by atoms with Crippen LogP contribution in [0.5, 0.6) is 0 Å². The molecule has 1 aromatic carbocycles. The molecule has 1 aliphatic heterocycles. The van der Waals surface area contributed by atoms with Gasteiger partial charge in [0.05, 0.1) is 19.8 Å². The van der Waals surface area contributed by atoms with Crippen LogP contribution in [0.1, 0.15) is 12.8 Å². The van der Waals surface area contributed by atoms with Crippen LogP contribution in [0.3, 0.4) is 0 Å². The van der Waals surface area contributed by atoms with Crippen molar-refractivity contribution in [2.75, 3.05) is 62.8 Å². The average Bonchev–Trinajstić information content (AvgIpc) is 2.64. The molecule has 1 heterocycles. The third kappa shape index (κ3) is 8.15. The lowest BCUT2D eigenvalue weighted by molar-refractivity contribution is -0.147. The fourth-order valence-corrected chi connectivity index (χ4v) is 2.88. The zero-order valence-corrected chi connectivity index (χ0v) is 15.2. The molecule has 2 N–H and O–H groups in total. The van der Waals surface area contributed by atoms with E-state index in [1.807, 2.05) is 12.1 Å². The minimum absolute atomic E-state index is 0.0167. The molecule has 0 saturated carbocycles. The Kier molecular flexibility index (Phi) is 8.33. The van der Waals surface area contributed by atoms with Gasteiger partial charge in [-0.25, -0.2) is 0 Å². The standard InChI is InChI=1S/C18H26F3N3O3/c19-18(20,21)14-23(7-1-11-25)8-6-17(26)22-15-2-4-16(5-3-15)24-9-12-27-13-10-24/h2-5,25H,1,6-14H2,(H,22,26). The van der Waals surface area contributed by atoms with E-state index in [0.717, 1.165) is 23.7 Å². The van der Waals surface area contributed by atoms with Gasteiger partial charge in [-0.15, -0.1) is 0 Å². The van der Waals surface area contributed by atoms with Crippen molar-refractivity contribution in [3.63, 3.8) is 0 Å². The van der Waals surface area contributed by atoms with Gasteiger partial charge in [0.1, 0.15) is 0 Å². The van der Waals surface area contributed by atoms with E-state index in [2.05, 4.69) is 10.2 Å². The minimum atomic E-state index is -4.33. The number of anilines is 2. The van der Waals surface area contributed by atoms with Crippen molar-refractivity contribution in [2.45, 2.75) is 19.0 Å². The molecule has 0 unspecified atom stereocenters. The van der Waals surface area contributed by atoms with E-state index >= 15 is 0 Å². The van der Waals surface area contributed by atoms with E-state index in [4.69, 9.17) is 9.84 Å². The molecular weight excluding hydrogens is 363 g/mol. The first-order valence-corrected chi connectivity index (χ1v) is 9.00. The zero-order chi connectivity index (χ0) is 19.7. The normalized spacial score (nSPS) is 15.2. The smallest absolute Gasteiger partial charge is 0.396 e. The highest BCUT2D eigenvalue weighted by Gasteiger charge is 2.30. The second kappa shape index (κ2) is 10.5. The summed E-state index contributed by atoms with van der Waals surface area (Å²) in [5, 5.41) is 11.5.